The molecule has 4 nitrogen and oxygen atoms in total. The molecule has 0 aliphatic carbocycles. The second kappa shape index (κ2) is 6.75. The highest BCUT2D eigenvalue weighted by Crippen LogP contribution is 2.18. The molecule has 0 saturated carbocycles. The number of rotatable bonds is 7. The second-order valence-corrected chi connectivity index (χ2v) is 5.79. The van der Waals surface area contributed by atoms with Crippen LogP contribution in [0.25, 0.3) is 0 Å². The van der Waals surface area contributed by atoms with Crippen LogP contribution < -0.4 is 10.2 Å². The Morgan fingerprint density at radius 2 is 1.90 bits per heavy atom. The average molecular weight is 278 g/mol. The highest BCUT2D eigenvalue weighted by Gasteiger charge is 2.35. The number of nitrogens with one attached hydrogen (secondary N) is 1. The van der Waals surface area contributed by atoms with Gasteiger partial charge in [0.15, 0.2) is 0 Å². The summed E-state index contributed by atoms with van der Waals surface area (Å²) < 4.78 is 0. The van der Waals surface area contributed by atoms with E-state index in [0.717, 1.165) is 12.2 Å². The zero-order chi connectivity index (χ0) is 15.3. The highest BCUT2D eigenvalue weighted by atomic mass is 16.4. The Labute approximate surface area is 121 Å². The van der Waals surface area contributed by atoms with Crippen LogP contribution in [-0.4, -0.2) is 35.7 Å². The van der Waals surface area contributed by atoms with Crippen LogP contribution >= 0.6 is 0 Å². The molecule has 1 unspecified atom stereocenters. The predicted molar refractivity (Wildman–Crippen MR) is 83.4 cm³/mol. The third-order valence-electron chi connectivity index (χ3n) is 3.37. The fourth-order valence-corrected chi connectivity index (χ4v) is 2.34. The van der Waals surface area contributed by atoms with Crippen molar-refractivity contribution < 1.29 is 9.90 Å². The van der Waals surface area contributed by atoms with Crippen molar-refractivity contribution in [2.24, 2.45) is 0 Å². The molecule has 112 valence electrons. The lowest BCUT2D eigenvalue weighted by atomic mass is 10.00. The average Bonchev–Trinajstić information content (AvgIpc) is 2.36. The number of hydrogen-bond donors (Lipinski definition) is 2. The van der Waals surface area contributed by atoms with E-state index in [4.69, 9.17) is 0 Å². The van der Waals surface area contributed by atoms with E-state index in [1.807, 2.05) is 52.0 Å². The van der Waals surface area contributed by atoms with Crippen molar-refractivity contribution in [2.75, 3.05) is 18.0 Å². The Kier molecular flexibility index (Phi) is 5.57. The number of carboxylic acid groups (broad SMARTS) is 1. The summed E-state index contributed by atoms with van der Waals surface area (Å²) in [6.07, 6.45) is 0. The van der Waals surface area contributed by atoms with Gasteiger partial charge in [0.25, 0.3) is 0 Å². The van der Waals surface area contributed by atoms with E-state index in [0.29, 0.717) is 6.54 Å². The standard InChI is InChI=1S/C16H26N2O2/c1-6-18(14-9-7-13(4)8-10-14)11-16(5,15(19)20)17-12(2)3/h7-10,12,17H,6,11H2,1-5H3,(H,19,20). The van der Waals surface area contributed by atoms with Crippen molar-refractivity contribution in [3.63, 3.8) is 0 Å². The van der Waals surface area contributed by atoms with Crippen molar-refractivity contribution in [2.45, 2.75) is 46.2 Å². The first kappa shape index (κ1) is 16.5. The predicted octanol–water partition coefficient (Wildman–Crippen LogP) is 2.66. The number of hydrogen-bond acceptors (Lipinski definition) is 3. The largest absolute Gasteiger partial charge is 0.480 e. The molecule has 0 amide bonds. The van der Waals surface area contributed by atoms with Crippen LogP contribution in [0.1, 0.15) is 33.3 Å². The van der Waals surface area contributed by atoms with Crippen LogP contribution in [0.5, 0.6) is 0 Å². The van der Waals surface area contributed by atoms with Crippen LogP contribution in [0.3, 0.4) is 0 Å². The van der Waals surface area contributed by atoms with Crippen LogP contribution in [-0.2, 0) is 4.79 Å². The van der Waals surface area contributed by atoms with Crippen molar-refractivity contribution in [1.29, 1.82) is 0 Å². The number of aryl methyl sites for hydroxylation is 1. The van der Waals surface area contributed by atoms with E-state index < -0.39 is 11.5 Å². The minimum atomic E-state index is -0.963. The van der Waals surface area contributed by atoms with E-state index in [2.05, 4.69) is 10.2 Å². The fourth-order valence-electron chi connectivity index (χ4n) is 2.34. The van der Waals surface area contributed by atoms with Gasteiger partial charge in [0, 0.05) is 24.8 Å². The Hall–Kier alpha value is -1.55. The molecule has 0 aromatic heterocycles. The second-order valence-electron chi connectivity index (χ2n) is 5.79. The molecule has 0 fully saturated rings. The SMILES string of the molecule is CCN(CC(C)(NC(C)C)C(=O)O)c1ccc(C)cc1. The molecule has 1 atom stereocenters. The topological polar surface area (TPSA) is 52.6 Å². The van der Waals surface area contributed by atoms with Gasteiger partial charge in [-0.3, -0.25) is 10.1 Å². The molecule has 0 spiro atoms. The first-order valence-corrected chi connectivity index (χ1v) is 7.11. The normalized spacial score (nSPS) is 14.1. The Bertz CT molecular complexity index is 442. The molecule has 2 N–H and O–H groups in total. The molecule has 0 aliphatic heterocycles. The Morgan fingerprint density at radius 3 is 2.30 bits per heavy atom. The Balaban J connectivity index is 2.94. The fraction of sp³-hybridized carbons (Fsp3) is 0.562. The van der Waals surface area contributed by atoms with Gasteiger partial charge in [0.1, 0.15) is 5.54 Å². The molecule has 1 rings (SSSR count). The highest BCUT2D eigenvalue weighted by molar-refractivity contribution is 5.79. The monoisotopic (exact) mass is 278 g/mol. The van der Waals surface area contributed by atoms with Crippen LogP contribution in [0.15, 0.2) is 24.3 Å². The number of carbonyl (C=O) groups is 1. The zero-order valence-corrected chi connectivity index (χ0v) is 13.1. The van der Waals surface area contributed by atoms with Crippen molar-refractivity contribution >= 4 is 11.7 Å². The van der Waals surface area contributed by atoms with Gasteiger partial charge in [-0.25, -0.2) is 0 Å². The van der Waals surface area contributed by atoms with E-state index in [9.17, 15) is 9.90 Å². The van der Waals surface area contributed by atoms with E-state index in [-0.39, 0.29) is 6.04 Å². The molecule has 4 heteroatoms. The number of anilines is 1. The van der Waals surface area contributed by atoms with Crippen molar-refractivity contribution in [1.82, 2.24) is 5.32 Å². The molecule has 0 radical (unpaired) electrons. The summed E-state index contributed by atoms with van der Waals surface area (Å²) in [5.41, 5.74) is 1.29. The van der Waals surface area contributed by atoms with E-state index in [1.165, 1.54) is 5.56 Å². The van der Waals surface area contributed by atoms with Gasteiger partial charge in [0.05, 0.1) is 0 Å². The van der Waals surface area contributed by atoms with Gasteiger partial charge < -0.3 is 10.0 Å². The first-order valence-electron chi connectivity index (χ1n) is 7.11. The van der Waals surface area contributed by atoms with Gasteiger partial charge in [-0.05, 0) is 46.8 Å². The van der Waals surface area contributed by atoms with Crippen LogP contribution in [0, 0.1) is 6.92 Å². The molecule has 1 aromatic rings. The molecule has 0 aliphatic rings. The molecule has 0 heterocycles. The number of carboxylic acids is 1. The van der Waals surface area contributed by atoms with Crippen molar-refractivity contribution in [3.05, 3.63) is 29.8 Å². The minimum Gasteiger partial charge on any atom is -0.480 e. The van der Waals surface area contributed by atoms with Gasteiger partial charge in [-0.15, -0.1) is 0 Å². The lowest BCUT2D eigenvalue weighted by Crippen LogP contribution is -2.59. The summed E-state index contributed by atoms with van der Waals surface area (Å²) >= 11 is 0. The van der Waals surface area contributed by atoms with Gasteiger partial charge >= 0.3 is 5.97 Å². The van der Waals surface area contributed by atoms with Gasteiger partial charge in [-0.1, -0.05) is 17.7 Å². The zero-order valence-electron chi connectivity index (χ0n) is 13.1. The number of nitrogens with zero attached hydrogens (tertiary/aromatic N) is 1. The first-order chi connectivity index (χ1) is 9.28. The minimum absolute atomic E-state index is 0.118. The van der Waals surface area contributed by atoms with Crippen molar-refractivity contribution in [3.8, 4) is 0 Å². The van der Waals surface area contributed by atoms with Crippen LogP contribution in [0.2, 0.25) is 0 Å². The van der Waals surface area contributed by atoms with E-state index >= 15 is 0 Å². The summed E-state index contributed by atoms with van der Waals surface area (Å²) in [5, 5.41) is 12.7. The summed E-state index contributed by atoms with van der Waals surface area (Å²) in [6, 6.07) is 8.29. The maximum atomic E-state index is 11.6. The number of likely N-dealkylation sites (N-methyl/N-ethyl adjacent to an activating group) is 1. The van der Waals surface area contributed by atoms with Gasteiger partial charge in [-0.2, -0.15) is 0 Å². The number of benzene rings is 1. The smallest absolute Gasteiger partial charge is 0.325 e. The van der Waals surface area contributed by atoms with E-state index in [1.54, 1.807) is 6.92 Å². The number of aliphatic carboxylic acids is 1. The summed E-state index contributed by atoms with van der Waals surface area (Å²) in [6.45, 7) is 10.9. The lowest BCUT2D eigenvalue weighted by molar-refractivity contribution is -0.144. The molecular weight excluding hydrogens is 252 g/mol. The quantitative estimate of drug-likeness (QED) is 0.805. The Morgan fingerprint density at radius 1 is 1.35 bits per heavy atom. The molecular formula is C16H26N2O2. The third kappa shape index (κ3) is 4.23. The molecule has 0 bridgehead atoms. The summed E-state index contributed by atoms with van der Waals surface area (Å²) in [5.74, 6) is -0.822. The molecule has 0 saturated heterocycles. The molecule has 20 heavy (non-hydrogen) atoms. The summed E-state index contributed by atoms with van der Waals surface area (Å²) in [7, 11) is 0. The maximum absolute atomic E-state index is 11.6. The molecule has 1 aromatic carbocycles. The maximum Gasteiger partial charge on any atom is 0.325 e. The van der Waals surface area contributed by atoms with Crippen LogP contribution in [0.4, 0.5) is 5.69 Å². The lowest BCUT2D eigenvalue weighted by Gasteiger charge is -2.35. The van der Waals surface area contributed by atoms with Gasteiger partial charge in [0.2, 0.25) is 0 Å². The summed E-state index contributed by atoms with van der Waals surface area (Å²) in [4.78, 5) is 13.7. The third-order valence-corrected chi connectivity index (χ3v) is 3.37.